The molecule has 2 rings (SSSR count). The molecule has 1 aliphatic rings. The lowest BCUT2D eigenvalue weighted by Crippen LogP contribution is -2.01. The Morgan fingerprint density at radius 1 is 1.50 bits per heavy atom. The maximum Gasteiger partial charge on any atom is 0.367 e. The zero-order chi connectivity index (χ0) is 13.1. The van der Waals surface area contributed by atoms with Crippen LogP contribution in [0.2, 0.25) is 0 Å². The Hall–Kier alpha value is -2.30. The van der Waals surface area contributed by atoms with E-state index in [0.29, 0.717) is 23.6 Å². The van der Waals surface area contributed by atoms with Crippen LogP contribution >= 0.6 is 0 Å². The van der Waals surface area contributed by atoms with Gasteiger partial charge in [-0.1, -0.05) is 11.2 Å². The minimum atomic E-state index is -0.474. The predicted octanol–water partition coefficient (Wildman–Crippen LogP) is 2.11. The van der Waals surface area contributed by atoms with Crippen molar-refractivity contribution in [2.24, 2.45) is 5.16 Å². The number of hydrogen-bond acceptors (Lipinski definition) is 5. The van der Waals surface area contributed by atoms with Crippen molar-refractivity contribution in [3.63, 3.8) is 0 Å². The van der Waals surface area contributed by atoms with Gasteiger partial charge < -0.3 is 14.7 Å². The molecule has 0 saturated heterocycles. The minimum absolute atomic E-state index is 0.0680. The highest BCUT2D eigenvalue weighted by Gasteiger charge is 2.21. The number of aromatic hydroxyl groups is 1. The lowest BCUT2D eigenvalue weighted by Gasteiger charge is -2.06. The van der Waals surface area contributed by atoms with Crippen LogP contribution in [0.25, 0.3) is 6.08 Å². The lowest BCUT2D eigenvalue weighted by atomic mass is 10.1. The summed E-state index contributed by atoms with van der Waals surface area (Å²) in [5.41, 5.74) is 1.67. The maximum absolute atomic E-state index is 11.4. The molecule has 0 saturated carbocycles. The second kappa shape index (κ2) is 4.91. The third-order valence-electron chi connectivity index (χ3n) is 2.47. The van der Waals surface area contributed by atoms with Gasteiger partial charge in [0.1, 0.15) is 0 Å². The van der Waals surface area contributed by atoms with Gasteiger partial charge in [-0.2, -0.15) is 0 Å². The van der Waals surface area contributed by atoms with Crippen molar-refractivity contribution in [2.45, 2.75) is 13.8 Å². The molecule has 0 radical (unpaired) electrons. The first-order chi connectivity index (χ1) is 8.61. The van der Waals surface area contributed by atoms with Crippen LogP contribution in [0.5, 0.6) is 11.5 Å². The zero-order valence-electron chi connectivity index (χ0n) is 10.1. The molecule has 0 unspecified atom stereocenters. The van der Waals surface area contributed by atoms with E-state index in [4.69, 9.17) is 4.74 Å². The van der Waals surface area contributed by atoms with Crippen molar-refractivity contribution in [1.29, 1.82) is 0 Å². The molecule has 0 bridgehead atoms. The summed E-state index contributed by atoms with van der Waals surface area (Å²) in [5.74, 6) is -0.0234. The monoisotopic (exact) mass is 247 g/mol. The van der Waals surface area contributed by atoms with Gasteiger partial charge in [0.2, 0.25) is 0 Å². The molecule has 0 amide bonds. The molecule has 1 heterocycles. The number of nitrogens with zero attached hydrogens (tertiary/aromatic N) is 1. The second-order valence-electron chi connectivity index (χ2n) is 3.77. The summed E-state index contributed by atoms with van der Waals surface area (Å²) in [6.45, 7) is 3.98. The molecule has 0 aliphatic carbocycles. The Morgan fingerprint density at radius 3 is 2.89 bits per heavy atom. The normalized spacial score (nSPS) is 16.7. The topological polar surface area (TPSA) is 68.1 Å². The Labute approximate surface area is 104 Å². The molecule has 5 heteroatoms. The Bertz CT molecular complexity index is 546. The smallest absolute Gasteiger partial charge is 0.367 e. The maximum atomic E-state index is 11.4. The average Bonchev–Trinajstić information content (AvgIpc) is 2.65. The largest absolute Gasteiger partial charge is 0.504 e. The van der Waals surface area contributed by atoms with E-state index in [1.165, 1.54) is 6.07 Å². The van der Waals surface area contributed by atoms with Gasteiger partial charge in [0.25, 0.3) is 0 Å². The highest BCUT2D eigenvalue weighted by Crippen LogP contribution is 2.28. The fourth-order valence-electron chi connectivity index (χ4n) is 1.58. The van der Waals surface area contributed by atoms with Gasteiger partial charge >= 0.3 is 5.97 Å². The second-order valence-corrected chi connectivity index (χ2v) is 3.77. The fourth-order valence-corrected chi connectivity index (χ4v) is 1.58. The van der Waals surface area contributed by atoms with E-state index in [1.54, 1.807) is 25.1 Å². The van der Waals surface area contributed by atoms with Crippen LogP contribution in [0.1, 0.15) is 19.4 Å². The minimum Gasteiger partial charge on any atom is -0.504 e. The van der Waals surface area contributed by atoms with Crippen LogP contribution in [0, 0.1) is 0 Å². The lowest BCUT2D eigenvalue weighted by molar-refractivity contribution is -0.136. The number of ether oxygens (including phenoxy) is 1. The van der Waals surface area contributed by atoms with Gasteiger partial charge in [0.05, 0.1) is 17.9 Å². The van der Waals surface area contributed by atoms with Gasteiger partial charge in [-0.15, -0.1) is 0 Å². The fraction of sp³-hybridized carbons (Fsp3) is 0.231. The molecule has 0 fully saturated rings. The number of carbonyl (C=O) groups excluding carboxylic acids is 1. The summed E-state index contributed by atoms with van der Waals surface area (Å²) < 4.78 is 5.27. The first kappa shape index (κ1) is 12.2. The molecule has 0 spiro atoms. The summed E-state index contributed by atoms with van der Waals surface area (Å²) in [5, 5.41) is 13.2. The van der Waals surface area contributed by atoms with E-state index < -0.39 is 5.97 Å². The van der Waals surface area contributed by atoms with Crippen LogP contribution in [0.4, 0.5) is 0 Å². The molecular formula is C13H13NO4. The number of rotatable bonds is 3. The van der Waals surface area contributed by atoms with E-state index in [9.17, 15) is 9.90 Å². The van der Waals surface area contributed by atoms with Crippen LogP contribution < -0.4 is 4.74 Å². The van der Waals surface area contributed by atoms with Crippen LogP contribution in [0.15, 0.2) is 28.9 Å². The molecule has 0 atom stereocenters. The number of phenolic OH excluding ortho intramolecular Hbond substituents is 1. The molecule has 0 aromatic heterocycles. The van der Waals surface area contributed by atoms with Crippen LogP contribution in [-0.4, -0.2) is 23.4 Å². The van der Waals surface area contributed by atoms with Crippen molar-refractivity contribution in [3.05, 3.63) is 29.3 Å². The number of oxime groups is 1. The van der Waals surface area contributed by atoms with E-state index >= 15 is 0 Å². The summed E-state index contributed by atoms with van der Waals surface area (Å²) in [6, 6.07) is 4.86. The molecular weight excluding hydrogens is 234 g/mol. The van der Waals surface area contributed by atoms with Crippen molar-refractivity contribution in [2.75, 3.05) is 6.61 Å². The quantitative estimate of drug-likeness (QED) is 0.656. The number of benzene rings is 1. The Morgan fingerprint density at radius 2 is 2.28 bits per heavy atom. The summed E-state index contributed by atoms with van der Waals surface area (Å²) in [4.78, 5) is 15.9. The van der Waals surface area contributed by atoms with Gasteiger partial charge in [-0.25, -0.2) is 4.79 Å². The Balaban J connectivity index is 2.35. The first-order valence-corrected chi connectivity index (χ1v) is 5.55. The summed E-state index contributed by atoms with van der Waals surface area (Å²) in [7, 11) is 0. The number of phenols is 1. The molecule has 1 aromatic rings. The standard InChI is InChI=1S/C13H13NO4/c1-3-17-12-7-9(4-5-11(12)15)6-10-8(2)14-18-13(10)16/h4-7,15H,3H2,1-2H3/b10-6+. The highest BCUT2D eigenvalue weighted by molar-refractivity contribution is 6.24. The third kappa shape index (κ3) is 2.34. The first-order valence-electron chi connectivity index (χ1n) is 5.55. The van der Waals surface area contributed by atoms with Crippen molar-refractivity contribution >= 4 is 17.8 Å². The van der Waals surface area contributed by atoms with E-state index in [-0.39, 0.29) is 5.75 Å². The molecule has 18 heavy (non-hydrogen) atoms. The number of hydrogen-bond donors (Lipinski definition) is 1. The number of carbonyl (C=O) groups is 1. The molecule has 1 aromatic carbocycles. The zero-order valence-corrected chi connectivity index (χ0v) is 10.1. The molecule has 5 nitrogen and oxygen atoms in total. The summed E-state index contributed by atoms with van der Waals surface area (Å²) >= 11 is 0. The van der Waals surface area contributed by atoms with Crippen molar-refractivity contribution in [3.8, 4) is 11.5 Å². The molecule has 1 N–H and O–H groups in total. The van der Waals surface area contributed by atoms with Crippen LogP contribution in [0.3, 0.4) is 0 Å². The van der Waals surface area contributed by atoms with E-state index in [0.717, 1.165) is 5.56 Å². The van der Waals surface area contributed by atoms with Crippen molar-refractivity contribution in [1.82, 2.24) is 0 Å². The molecule has 94 valence electrons. The summed E-state index contributed by atoms with van der Waals surface area (Å²) in [6.07, 6.45) is 1.65. The van der Waals surface area contributed by atoms with Crippen molar-refractivity contribution < 1.29 is 19.5 Å². The SMILES string of the molecule is CCOc1cc(/C=C2/C(=O)ON=C2C)ccc1O. The van der Waals surface area contributed by atoms with Gasteiger partial charge in [0, 0.05) is 0 Å². The molecule has 1 aliphatic heterocycles. The Kier molecular flexibility index (Phi) is 3.32. The predicted molar refractivity (Wildman–Crippen MR) is 66.5 cm³/mol. The van der Waals surface area contributed by atoms with E-state index in [1.807, 2.05) is 6.92 Å². The van der Waals surface area contributed by atoms with Gasteiger partial charge in [-0.3, -0.25) is 0 Å². The van der Waals surface area contributed by atoms with E-state index in [2.05, 4.69) is 9.99 Å². The average molecular weight is 247 g/mol. The third-order valence-corrected chi connectivity index (χ3v) is 2.47. The van der Waals surface area contributed by atoms with Gasteiger partial charge in [-0.05, 0) is 37.6 Å². The highest BCUT2D eigenvalue weighted by atomic mass is 16.7. The van der Waals surface area contributed by atoms with Gasteiger partial charge in [0.15, 0.2) is 11.5 Å². The van der Waals surface area contributed by atoms with Crippen LogP contribution in [-0.2, 0) is 9.63 Å².